The summed E-state index contributed by atoms with van der Waals surface area (Å²) in [6.45, 7) is 4.93. The second-order valence-corrected chi connectivity index (χ2v) is 5.82. The average molecular weight is 288 g/mol. The maximum Gasteiger partial charge on any atom is 0.315 e. The van der Waals surface area contributed by atoms with E-state index in [4.69, 9.17) is 5.11 Å². The van der Waals surface area contributed by atoms with Crippen molar-refractivity contribution in [1.82, 2.24) is 10.6 Å². The molecule has 4 heteroatoms. The van der Waals surface area contributed by atoms with Gasteiger partial charge in [-0.1, -0.05) is 41.5 Å². The molecule has 114 valence electrons. The summed E-state index contributed by atoms with van der Waals surface area (Å²) in [5.74, 6) is 0.172. The average Bonchev–Trinajstić information content (AvgIpc) is 2.85. The van der Waals surface area contributed by atoms with E-state index in [1.165, 1.54) is 16.7 Å². The maximum absolute atomic E-state index is 11.8. The van der Waals surface area contributed by atoms with E-state index in [0.29, 0.717) is 6.54 Å². The lowest BCUT2D eigenvalue weighted by atomic mass is 10.1. The fourth-order valence-electron chi connectivity index (χ4n) is 2.77. The number of aryl methyl sites for hydroxylation is 2. The van der Waals surface area contributed by atoms with Crippen LogP contribution in [0.3, 0.4) is 0 Å². The molecular formula is C17H24N2O2. The number of carbonyl (C=O) groups is 1. The Kier molecular flexibility index (Phi) is 5.39. The SMILES string of the molecule is Cc1cc(C)cc(CCNC(=O)N[C@@H]2C=C[C@H](CO)C2)c1. The predicted molar refractivity (Wildman–Crippen MR) is 84.3 cm³/mol. The summed E-state index contributed by atoms with van der Waals surface area (Å²) < 4.78 is 0. The van der Waals surface area contributed by atoms with Crippen LogP contribution in [0.25, 0.3) is 0 Å². The third kappa shape index (κ3) is 4.90. The highest BCUT2D eigenvalue weighted by molar-refractivity contribution is 5.74. The molecule has 2 atom stereocenters. The number of carbonyl (C=O) groups excluding carboxylic acids is 1. The molecule has 0 bridgehead atoms. The lowest BCUT2D eigenvalue weighted by molar-refractivity contribution is 0.231. The van der Waals surface area contributed by atoms with Gasteiger partial charge in [0.2, 0.25) is 0 Å². The Morgan fingerprint density at radius 2 is 1.95 bits per heavy atom. The molecule has 0 aliphatic heterocycles. The first-order chi connectivity index (χ1) is 10.1. The van der Waals surface area contributed by atoms with Crippen molar-refractivity contribution in [3.05, 3.63) is 47.0 Å². The molecule has 1 aliphatic rings. The van der Waals surface area contributed by atoms with Gasteiger partial charge in [0, 0.05) is 25.1 Å². The van der Waals surface area contributed by atoms with Gasteiger partial charge in [-0.3, -0.25) is 0 Å². The monoisotopic (exact) mass is 288 g/mol. The largest absolute Gasteiger partial charge is 0.396 e. The number of hydrogen-bond acceptors (Lipinski definition) is 2. The predicted octanol–water partition coefficient (Wildman–Crippen LogP) is 2.08. The Balaban J connectivity index is 1.71. The normalized spacial score (nSPS) is 20.5. The Bertz CT molecular complexity index is 505. The van der Waals surface area contributed by atoms with Crippen molar-refractivity contribution >= 4 is 6.03 Å². The Hall–Kier alpha value is -1.81. The van der Waals surface area contributed by atoms with Crippen LogP contribution in [0.2, 0.25) is 0 Å². The molecule has 4 nitrogen and oxygen atoms in total. The van der Waals surface area contributed by atoms with Crippen LogP contribution in [0.1, 0.15) is 23.1 Å². The molecule has 0 radical (unpaired) electrons. The molecule has 0 spiro atoms. The maximum atomic E-state index is 11.8. The molecule has 0 saturated heterocycles. The standard InChI is InChI=1S/C17H24N2O2/c1-12-7-13(2)9-14(8-12)5-6-18-17(21)19-16-4-3-15(10-16)11-20/h3-4,7-9,15-16,20H,5-6,10-11H2,1-2H3,(H2,18,19,21)/t15-,16+/m0/s1. The van der Waals surface area contributed by atoms with Gasteiger partial charge in [0.1, 0.15) is 0 Å². The number of urea groups is 1. The molecule has 0 saturated carbocycles. The number of amides is 2. The third-order valence-electron chi connectivity index (χ3n) is 3.70. The van der Waals surface area contributed by atoms with Gasteiger partial charge in [0.25, 0.3) is 0 Å². The van der Waals surface area contributed by atoms with Crippen molar-refractivity contribution in [3.8, 4) is 0 Å². The van der Waals surface area contributed by atoms with Gasteiger partial charge >= 0.3 is 6.03 Å². The van der Waals surface area contributed by atoms with Crippen molar-refractivity contribution in [2.24, 2.45) is 5.92 Å². The van der Waals surface area contributed by atoms with Gasteiger partial charge in [-0.05, 0) is 32.3 Å². The zero-order valence-electron chi connectivity index (χ0n) is 12.7. The molecule has 21 heavy (non-hydrogen) atoms. The number of aliphatic hydroxyl groups is 1. The highest BCUT2D eigenvalue weighted by atomic mass is 16.3. The molecule has 3 N–H and O–H groups in total. The second kappa shape index (κ2) is 7.27. The summed E-state index contributed by atoms with van der Waals surface area (Å²) in [6, 6.07) is 6.33. The number of benzene rings is 1. The number of nitrogens with one attached hydrogen (secondary N) is 2. The molecule has 1 aromatic rings. The number of rotatable bonds is 5. The van der Waals surface area contributed by atoms with Gasteiger partial charge in [-0.2, -0.15) is 0 Å². The van der Waals surface area contributed by atoms with Crippen molar-refractivity contribution in [2.75, 3.05) is 13.2 Å². The minimum Gasteiger partial charge on any atom is -0.396 e. The molecule has 1 aliphatic carbocycles. The van der Waals surface area contributed by atoms with Crippen LogP contribution in [-0.4, -0.2) is 30.3 Å². The van der Waals surface area contributed by atoms with E-state index >= 15 is 0 Å². The van der Waals surface area contributed by atoms with Crippen molar-refractivity contribution in [3.63, 3.8) is 0 Å². The Morgan fingerprint density at radius 3 is 2.57 bits per heavy atom. The topological polar surface area (TPSA) is 61.4 Å². The van der Waals surface area contributed by atoms with E-state index in [1.807, 2.05) is 12.2 Å². The van der Waals surface area contributed by atoms with Crippen LogP contribution < -0.4 is 10.6 Å². The van der Waals surface area contributed by atoms with Crippen LogP contribution >= 0.6 is 0 Å². The third-order valence-corrected chi connectivity index (χ3v) is 3.70. The van der Waals surface area contributed by atoms with E-state index < -0.39 is 0 Å². The highest BCUT2D eigenvalue weighted by Crippen LogP contribution is 2.16. The minimum atomic E-state index is -0.146. The van der Waals surface area contributed by atoms with E-state index in [-0.39, 0.29) is 24.6 Å². The van der Waals surface area contributed by atoms with Crippen LogP contribution in [0.5, 0.6) is 0 Å². The Morgan fingerprint density at radius 1 is 1.24 bits per heavy atom. The number of aliphatic hydroxyl groups excluding tert-OH is 1. The van der Waals surface area contributed by atoms with E-state index in [1.54, 1.807) is 0 Å². The number of hydrogen-bond donors (Lipinski definition) is 3. The summed E-state index contributed by atoms with van der Waals surface area (Å²) in [6.07, 6.45) is 5.52. The van der Waals surface area contributed by atoms with Gasteiger partial charge < -0.3 is 15.7 Å². The van der Waals surface area contributed by atoms with Crippen molar-refractivity contribution in [2.45, 2.75) is 32.7 Å². The lowest BCUT2D eigenvalue weighted by Gasteiger charge is -2.13. The molecule has 1 aromatic carbocycles. The quantitative estimate of drug-likeness (QED) is 0.727. The summed E-state index contributed by atoms with van der Waals surface area (Å²) in [5, 5.41) is 14.8. The van der Waals surface area contributed by atoms with Gasteiger partial charge in [-0.25, -0.2) is 4.79 Å². The first-order valence-electron chi connectivity index (χ1n) is 7.47. The van der Waals surface area contributed by atoms with Gasteiger partial charge in [0.05, 0.1) is 0 Å². The summed E-state index contributed by atoms with van der Waals surface area (Å²) in [5.41, 5.74) is 3.75. The first-order valence-corrected chi connectivity index (χ1v) is 7.47. The van der Waals surface area contributed by atoms with E-state index in [0.717, 1.165) is 12.8 Å². The zero-order valence-corrected chi connectivity index (χ0v) is 12.7. The lowest BCUT2D eigenvalue weighted by Crippen LogP contribution is -2.41. The van der Waals surface area contributed by atoms with Gasteiger partial charge in [0.15, 0.2) is 0 Å². The minimum absolute atomic E-state index is 0.0309. The molecular weight excluding hydrogens is 264 g/mol. The van der Waals surface area contributed by atoms with E-state index in [2.05, 4.69) is 42.7 Å². The van der Waals surface area contributed by atoms with Crippen molar-refractivity contribution in [1.29, 1.82) is 0 Å². The molecule has 0 aromatic heterocycles. The molecule has 0 heterocycles. The fourth-order valence-corrected chi connectivity index (χ4v) is 2.77. The second-order valence-electron chi connectivity index (χ2n) is 5.82. The van der Waals surface area contributed by atoms with Crippen LogP contribution in [0, 0.1) is 19.8 Å². The zero-order chi connectivity index (χ0) is 15.2. The summed E-state index contributed by atoms with van der Waals surface area (Å²) in [7, 11) is 0. The molecule has 2 rings (SSSR count). The molecule has 0 fully saturated rings. The Labute approximate surface area is 126 Å². The first kappa shape index (κ1) is 15.6. The summed E-state index contributed by atoms with van der Waals surface area (Å²) >= 11 is 0. The van der Waals surface area contributed by atoms with E-state index in [9.17, 15) is 4.79 Å². The van der Waals surface area contributed by atoms with Crippen LogP contribution in [0.4, 0.5) is 4.79 Å². The smallest absolute Gasteiger partial charge is 0.315 e. The molecule has 0 unspecified atom stereocenters. The molecule has 2 amide bonds. The van der Waals surface area contributed by atoms with Gasteiger partial charge in [-0.15, -0.1) is 0 Å². The highest BCUT2D eigenvalue weighted by Gasteiger charge is 2.19. The fraction of sp³-hybridized carbons (Fsp3) is 0.471. The van der Waals surface area contributed by atoms with Crippen molar-refractivity contribution < 1.29 is 9.90 Å². The van der Waals surface area contributed by atoms with Crippen LogP contribution in [-0.2, 0) is 6.42 Å². The summed E-state index contributed by atoms with van der Waals surface area (Å²) in [4.78, 5) is 11.8. The van der Waals surface area contributed by atoms with Crippen LogP contribution in [0.15, 0.2) is 30.4 Å².